The summed E-state index contributed by atoms with van der Waals surface area (Å²) in [6, 6.07) is 4.17. The zero-order valence-electron chi connectivity index (χ0n) is 16.3. The van der Waals surface area contributed by atoms with E-state index in [1.54, 1.807) is 0 Å². The molecule has 1 aromatic carbocycles. The summed E-state index contributed by atoms with van der Waals surface area (Å²) in [7, 11) is -3.66. The molecular formula is C19H27N5O2S. The van der Waals surface area contributed by atoms with Crippen LogP contribution in [0, 0.1) is 19.3 Å². The van der Waals surface area contributed by atoms with Gasteiger partial charge >= 0.3 is 0 Å². The molecule has 1 aliphatic heterocycles. The van der Waals surface area contributed by atoms with Gasteiger partial charge in [0, 0.05) is 36.0 Å². The van der Waals surface area contributed by atoms with Crippen molar-refractivity contribution >= 4 is 26.8 Å². The largest absolute Gasteiger partial charge is 0.368 e. The highest BCUT2D eigenvalue weighted by Gasteiger charge is 2.55. The molecule has 2 aliphatic rings. The number of aromatic nitrogens is 2. The lowest BCUT2D eigenvalue weighted by Crippen LogP contribution is -2.68. The number of nitrogens with two attached hydrogens (primary N) is 1. The maximum absolute atomic E-state index is 11.9. The summed E-state index contributed by atoms with van der Waals surface area (Å²) in [6.07, 6.45) is 3.57. The Hall–Kier alpha value is -1.77. The van der Waals surface area contributed by atoms with Crippen molar-refractivity contribution < 1.29 is 8.42 Å². The number of benzene rings is 1. The molecule has 0 bridgehead atoms. The SMILES string of the molecule is Cc1cc2nncc(N3CC4(CC(N(C(C)C)S(N)(=O)=O)C4)C3)c2cc1C. The van der Waals surface area contributed by atoms with Crippen molar-refractivity contribution in [2.24, 2.45) is 10.6 Å². The monoisotopic (exact) mass is 389 g/mol. The quantitative estimate of drug-likeness (QED) is 0.865. The second-order valence-corrected chi connectivity index (χ2v) is 10.0. The Bertz CT molecular complexity index is 991. The van der Waals surface area contributed by atoms with Gasteiger partial charge < -0.3 is 4.90 Å². The third kappa shape index (κ3) is 3.09. The average Bonchev–Trinajstić information content (AvgIpc) is 2.47. The summed E-state index contributed by atoms with van der Waals surface area (Å²) in [4.78, 5) is 2.33. The number of hydrogen-bond donors (Lipinski definition) is 1. The fourth-order valence-electron chi connectivity index (χ4n) is 4.79. The molecule has 2 N–H and O–H groups in total. The van der Waals surface area contributed by atoms with Crippen molar-refractivity contribution in [1.82, 2.24) is 14.5 Å². The van der Waals surface area contributed by atoms with Crippen LogP contribution in [0.3, 0.4) is 0 Å². The number of anilines is 1. The molecule has 1 aromatic heterocycles. The van der Waals surface area contributed by atoms with Crippen LogP contribution in [0.4, 0.5) is 5.69 Å². The van der Waals surface area contributed by atoms with Crippen LogP contribution in [0.1, 0.15) is 37.8 Å². The summed E-state index contributed by atoms with van der Waals surface area (Å²) < 4.78 is 25.3. The summed E-state index contributed by atoms with van der Waals surface area (Å²) >= 11 is 0. The Morgan fingerprint density at radius 2 is 1.85 bits per heavy atom. The van der Waals surface area contributed by atoms with Crippen molar-refractivity contribution in [3.63, 3.8) is 0 Å². The van der Waals surface area contributed by atoms with E-state index < -0.39 is 10.2 Å². The zero-order chi connectivity index (χ0) is 19.6. The molecule has 4 rings (SSSR count). The first-order valence-corrected chi connectivity index (χ1v) is 10.9. The van der Waals surface area contributed by atoms with Gasteiger partial charge in [-0.05, 0) is 63.8 Å². The van der Waals surface area contributed by atoms with Gasteiger partial charge in [0.25, 0.3) is 10.2 Å². The van der Waals surface area contributed by atoms with Crippen molar-refractivity contribution in [3.05, 3.63) is 29.5 Å². The Kier molecular flexibility index (Phi) is 4.21. The van der Waals surface area contributed by atoms with Crippen LogP contribution in [-0.4, -0.2) is 48.1 Å². The van der Waals surface area contributed by atoms with Crippen molar-refractivity contribution in [1.29, 1.82) is 0 Å². The average molecular weight is 390 g/mol. The van der Waals surface area contributed by atoms with Crippen LogP contribution >= 0.6 is 0 Å². The highest BCUT2D eigenvalue weighted by molar-refractivity contribution is 7.86. The molecule has 1 spiro atoms. The molecule has 7 nitrogen and oxygen atoms in total. The molecule has 0 unspecified atom stereocenters. The highest BCUT2D eigenvalue weighted by Crippen LogP contribution is 2.52. The van der Waals surface area contributed by atoms with Gasteiger partial charge in [0.05, 0.1) is 17.4 Å². The van der Waals surface area contributed by atoms with Crippen LogP contribution in [-0.2, 0) is 10.2 Å². The van der Waals surface area contributed by atoms with E-state index in [0.717, 1.165) is 42.5 Å². The minimum absolute atomic E-state index is 0.0133. The van der Waals surface area contributed by atoms with Crippen LogP contribution in [0.25, 0.3) is 10.9 Å². The third-order valence-corrected chi connectivity index (χ3v) is 7.43. The minimum Gasteiger partial charge on any atom is -0.368 e. The van der Waals surface area contributed by atoms with Gasteiger partial charge in [0.15, 0.2) is 0 Å². The lowest BCUT2D eigenvalue weighted by molar-refractivity contribution is 0.00539. The van der Waals surface area contributed by atoms with Crippen molar-refractivity contribution in [3.8, 4) is 0 Å². The van der Waals surface area contributed by atoms with Gasteiger partial charge in [0.1, 0.15) is 0 Å². The molecule has 2 fully saturated rings. The number of aryl methyl sites for hydroxylation is 2. The first-order chi connectivity index (χ1) is 12.6. The van der Waals surface area contributed by atoms with E-state index in [2.05, 4.69) is 41.1 Å². The minimum atomic E-state index is -3.66. The lowest BCUT2D eigenvalue weighted by atomic mass is 9.60. The lowest BCUT2D eigenvalue weighted by Gasteiger charge is -2.61. The molecule has 0 atom stereocenters. The summed E-state index contributed by atoms with van der Waals surface area (Å²) in [6.45, 7) is 9.80. The van der Waals surface area contributed by atoms with Gasteiger partial charge in [-0.1, -0.05) is 0 Å². The Morgan fingerprint density at radius 3 is 2.44 bits per heavy atom. The second kappa shape index (κ2) is 6.12. The molecule has 2 heterocycles. The number of fused-ring (bicyclic) bond motifs is 1. The molecule has 1 saturated heterocycles. The van der Waals surface area contributed by atoms with Crippen LogP contribution < -0.4 is 10.0 Å². The molecule has 27 heavy (non-hydrogen) atoms. The van der Waals surface area contributed by atoms with E-state index in [4.69, 9.17) is 5.14 Å². The molecule has 0 radical (unpaired) electrons. The molecule has 8 heteroatoms. The van der Waals surface area contributed by atoms with Crippen LogP contribution in [0.2, 0.25) is 0 Å². The molecule has 2 aromatic rings. The smallest absolute Gasteiger partial charge is 0.277 e. The summed E-state index contributed by atoms with van der Waals surface area (Å²) in [5.41, 5.74) is 4.69. The molecule has 1 aliphatic carbocycles. The van der Waals surface area contributed by atoms with E-state index in [9.17, 15) is 8.42 Å². The van der Waals surface area contributed by atoms with Crippen LogP contribution in [0.15, 0.2) is 18.3 Å². The van der Waals surface area contributed by atoms with Crippen molar-refractivity contribution in [2.75, 3.05) is 18.0 Å². The standard InChI is InChI=1S/C19H27N5O2S/c1-12(2)24(27(20,25)26)15-7-19(8-15)10-23(11-19)18-9-21-22-17-6-14(4)13(3)5-16(17)18/h5-6,9,12,15H,7-8,10-11H2,1-4H3,(H2,20,25,26). The third-order valence-electron chi connectivity index (χ3n) is 6.13. The molecule has 0 amide bonds. The van der Waals surface area contributed by atoms with Gasteiger partial charge in [-0.15, -0.1) is 0 Å². The topological polar surface area (TPSA) is 92.4 Å². The Labute approximate surface area is 160 Å². The van der Waals surface area contributed by atoms with E-state index in [1.807, 2.05) is 20.0 Å². The van der Waals surface area contributed by atoms with Crippen LogP contribution in [0.5, 0.6) is 0 Å². The van der Waals surface area contributed by atoms with E-state index in [0.29, 0.717) is 0 Å². The second-order valence-electron chi connectivity index (χ2n) is 8.57. The predicted octanol–water partition coefficient (Wildman–Crippen LogP) is 2.13. The van der Waals surface area contributed by atoms with E-state index in [-0.39, 0.29) is 17.5 Å². The molecular weight excluding hydrogens is 362 g/mol. The maximum atomic E-state index is 11.9. The van der Waals surface area contributed by atoms with Gasteiger partial charge in [-0.2, -0.15) is 22.9 Å². The fourth-order valence-corrected chi connectivity index (χ4v) is 5.94. The number of hydrogen-bond acceptors (Lipinski definition) is 5. The Balaban J connectivity index is 1.50. The Morgan fingerprint density at radius 1 is 1.22 bits per heavy atom. The van der Waals surface area contributed by atoms with E-state index >= 15 is 0 Å². The maximum Gasteiger partial charge on any atom is 0.277 e. The van der Waals surface area contributed by atoms with Gasteiger partial charge in [-0.25, -0.2) is 5.14 Å². The van der Waals surface area contributed by atoms with E-state index in [1.165, 1.54) is 15.4 Å². The highest BCUT2D eigenvalue weighted by atomic mass is 32.2. The fraction of sp³-hybridized carbons (Fsp3) is 0.579. The predicted molar refractivity (Wildman–Crippen MR) is 107 cm³/mol. The zero-order valence-corrected chi connectivity index (χ0v) is 17.1. The number of rotatable bonds is 4. The van der Waals surface area contributed by atoms with Crippen molar-refractivity contribution in [2.45, 2.75) is 52.6 Å². The van der Waals surface area contributed by atoms with Gasteiger partial charge in [-0.3, -0.25) is 0 Å². The molecule has 146 valence electrons. The normalized spacial score (nSPS) is 19.7. The van der Waals surface area contributed by atoms with Gasteiger partial charge in [0.2, 0.25) is 0 Å². The summed E-state index contributed by atoms with van der Waals surface area (Å²) in [5.74, 6) is 0. The first-order valence-electron chi connectivity index (χ1n) is 9.38. The molecule has 1 saturated carbocycles. The number of nitrogens with zero attached hydrogens (tertiary/aromatic N) is 4. The summed E-state index contributed by atoms with van der Waals surface area (Å²) in [5, 5.41) is 15.0. The first kappa shape index (κ1) is 18.6.